The highest BCUT2D eigenvalue weighted by atomic mass is 16.4. The summed E-state index contributed by atoms with van der Waals surface area (Å²) in [4.78, 5) is 10.4. The average Bonchev–Trinajstić information content (AvgIpc) is 2.43. The van der Waals surface area contributed by atoms with Gasteiger partial charge in [0.25, 0.3) is 0 Å². The Kier molecular flexibility index (Phi) is 9.92. The summed E-state index contributed by atoms with van der Waals surface area (Å²) in [6.45, 7) is 4.00. The second-order valence-corrected chi connectivity index (χ2v) is 3.55. The van der Waals surface area contributed by atoms with Gasteiger partial charge < -0.3 is 10.0 Å². The lowest BCUT2D eigenvalue weighted by atomic mass is 9.81. The average molecular weight is 248 g/mol. The second-order valence-electron chi connectivity index (χ2n) is 3.55. The van der Waals surface area contributed by atoms with Gasteiger partial charge in [0.15, 0.2) is 5.78 Å². The maximum atomic E-state index is 10.4. The molecular weight excluding hydrogens is 227 g/mol. The van der Waals surface area contributed by atoms with Crippen LogP contribution in [0.15, 0.2) is 42.5 Å². The van der Waals surface area contributed by atoms with Crippen LogP contribution in [-0.4, -0.2) is 22.9 Å². The summed E-state index contributed by atoms with van der Waals surface area (Å²) in [5.74, 6) is 0.284. The Morgan fingerprint density at radius 2 is 1.72 bits per heavy atom. The van der Waals surface area contributed by atoms with Crippen molar-refractivity contribution < 1.29 is 14.8 Å². The fourth-order valence-corrected chi connectivity index (χ4v) is 1.32. The van der Waals surface area contributed by atoms with Crippen molar-refractivity contribution in [2.45, 2.75) is 33.1 Å². The van der Waals surface area contributed by atoms with Gasteiger partial charge in [-0.05, 0) is 24.4 Å². The number of carbonyl (C=O) groups excluding carboxylic acids is 1. The van der Waals surface area contributed by atoms with E-state index >= 15 is 0 Å². The van der Waals surface area contributed by atoms with E-state index in [1.54, 1.807) is 30.3 Å². The van der Waals surface area contributed by atoms with Gasteiger partial charge in [0, 0.05) is 6.42 Å². The van der Waals surface area contributed by atoms with E-state index in [0.717, 1.165) is 19.3 Å². The maximum absolute atomic E-state index is 10.4. The first-order valence-corrected chi connectivity index (χ1v) is 6.30. The number of rotatable bonds is 1. The topological polar surface area (TPSA) is 57.5 Å². The predicted octanol–water partition coefficient (Wildman–Crippen LogP) is 1.69. The molecule has 0 saturated heterocycles. The van der Waals surface area contributed by atoms with Crippen LogP contribution in [0, 0.1) is 0 Å². The summed E-state index contributed by atoms with van der Waals surface area (Å²) in [5, 5.41) is 17.2. The molecule has 0 amide bonds. The number of hydrogen-bond acceptors (Lipinski definition) is 3. The highest BCUT2D eigenvalue weighted by molar-refractivity contribution is 6.58. The minimum Gasteiger partial charge on any atom is -0.423 e. The molecule has 0 heterocycles. The largest absolute Gasteiger partial charge is 0.488 e. The van der Waals surface area contributed by atoms with Crippen molar-refractivity contribution in [3.8, 4) is 0 Å². The normalized spacial score (nSPS) is 12.8. The van der Waals surface area contributed by atoms with Gasteiger partial charge >= 0.3 is 7.12 Å². The second kappa shape index (κ2) is 10.7. The van der Waals surface area contributed by atoms with Gasteiger partial charge in [0.1, 0.15) is 0 Å². The SMILES string of the molecule is CC.O=C1C=CCCC1.OB(O)c1ccccc1. The molecule has 1 aliphatic rings. The molecule has 0 radical (unpaired) electrons. The molecule has 18 heavy (non-hydrogen) atoms. The maximum Gasteiger partial charge on any atom is 0.488 e. The zero-order valence-corrected chi connectivity index (χ0v) is 11.0. The molecule has 0 spiro atoms. The molecule has 0 saturated carbocycles. The third-order valence-corrected chi connectivity index (χ3v) is 2.20. The van der Waals surface area contributed by atoms with Crippen molar-refractivity contribution in [3.05, 3.63) is 42.5 Å². The van der Waals surface area contributed by atoms with Crippen LogP contribution in [0.4, 0.5) is 0 Å². The zero-order valence-electron chi connectivity index (χ0n) is 11.0. The summed E-state index contributed by atoms with van der Waals surface area (Å²) >= 11 is 0. The van der Waals surface area contributed by atoms with Gasteiger partial charge in [-0.2, -0.15) is 0 Å². The molecular formula is C14H21BO3. The fraction of sp³-hybridized carbons (Fsp3) is 0.357. The Bertz CT molecular complexity index is 347. The summed E-state index contributed by atoms with van der Waals surface area (Å²) in [5.41, 5.74) is 0.525. The Balaban J connectivity index is 0.000000289. The van der Waals surface area contributed by atoms with Crippen molar-refractivity contribution in [2.24, 2.45) is 0 Å². The summed E-state index contributed by atoms with van der Waals surface area (Å²) < 4.78 is 0. The number of benzene rings is 1. The first-order valence-electron chi connectivity index (χ1n) is 6.30. The van der Waals surface area contributed by atoms with E-state index in [1.807, 2.05) is 26.0 Å². The molecule has 4 heteroatoms. The molecule has 1 aromatic rings. The Morgan fingerprint density at radius 3 is 2.00 bits per heavy atom. The highest BCUT2D eigenvalue weighted by Gasteiger charge is 2.07. The molecule has 3 nitrogen and oxygen atoms in total. The number of allylic oxidation sites excluding steroid dienone is 2. The first-order chi connectivity index (χ1) is 8.70. The van der Waals surface area contributed by atoms with Crippen LogP contribution in [0.1, 0.15) is 33.1 Å². The number of hydrogen-bond donors (Lipinski definition) is 2. The van der Waals surface area contributed by atoms with Crippen LogP contribution in [0.2, 0.25) is 0 Å². The van der Waals surface area contributed by atoms with E-state index in [4.69, 9.17) is 10.0 Å². The lowest BCUT2D eigenvalue weighted by Crippen LogP contribution is -2.29. The van der Waals surface area contributed by atoms with Gasteiger partial charge in [-0.1, -0.05) is 50.3 Å². The summed E-state index contributed by atoms with van der Waals surface area (Å²) in [7, 11) is -1.34. The van der Waals surface area contributed by atoms with Gasteiger partial charge in [0.05, 0.1) is 0 Å². The molecule has 1 aromatic carbocycles. The van der Waals surface area contributed by atoms with Crippen LogP contribution in [0.25, 0.3) is 0 Å². The standard InChI is InChI=1S/C6H7BO2.C6H8O.C2H6/c8-7(9)6-4-2-1-3-5-6;7-6-4-2-1-3-5-6;1-2/h1-5,8-9H;2,4H,1,3,5H2;1-2H3. The van der Waals surface area contributed by atoms with Crippen molar-refractivity contribution in [1.29, 1.82) is 0 Å². The lowest BCUT2D eigenvalue weighted by molar-refractivity contribution is -0.114. The number of carbonyl (C=O) groups is 1. The predicted molar refractivity (Wildman–Crippen MR) is 75.6 cm³/mol. The van der Waals surface area contributed by atoms with Gasteiger partial charge in [0.2, 0.25) is 0 Å². The van der Waals surface area contributed by atoms with Crippen LogP contribution >= 0.6 is 0 Å². The molecule has 0 aliphatic heterocycles. The van der Waals surface area contributed by atoms with E-state index in [1.165, 1.54) is 0 Å². The lowest BCUT2D eigenvalue weighted by Gasteiger charge is -1.97. The minimum atomic E-state index is -1.34. The van der Waals surface area contributed by atoms with Gasteiger partial charge in [-0.3, -0.25) is 4.79 Å². The zero-order chi connectivity index (χ0) is 13.8. The monoisotopic (exact) mass is 248 g/mol. The summed E-state index contributed by atoms with van der Waals surface area (Å²) in [6, 6.07) is 8.66. The van der Waals surface area contributed by atoms with Gasteiger partial charge in [-0.25, -0.2) is 0 Å². The molecule has 98 valence electrons. The minimum absolute atomic E-state index is 0.284. The van der Waals surface area contributed by atoms with Crippen molar-refractivity contribution in [2.75, 3.05) is 0 Å². The van der Waals surface area contributed by atoms with E-state index in [9.17, 15) is 4.79 Å². The van der Waals surface area contributed by atoms with Crippen LogP contribution in [0.5, 0.6) is 0 Å². The van der Waals surface area contributed by atoms with Crippen molar-refractivity contribution >= 4 is 18.4 Å². The molecule has 1 aliphatic carbocycles. The third kappa shape index (κ3) is 7.82. The van der Waals surface area contributed by atoms with Gasteiger partial charge in [-0.15, -0.1) is 0 Å². The van der Waals surface area contributed by atoms with Crippen molar-refractivity contribution in [3.63, 3.8) is 0 Å². The smallest absolute Gasteiger partial charge is 0.423 e. The quantitative estimate of drug-likeness (QED) is 0.743. The Hall–Kier alpha value is -1.39. The Labute approximate surface area is 109 Å². The van der Waals surface area contributed by atoms with Crippen LogP contribution in [0.3, 0.4) is 0 Å². The Morgan fingerprint density at radius 1 is 1.11 bits per heavy atom. The molecule has 2 N–H and O–H groups in total. The van der Waals surface area contributed by atoms with E-state index in [0.29, 0.717) is 5.46 Å². The fourth-order valence-electron chi connectivity index (χ4n) is 1.32. The molecule has 0 atom stereocenters. The first kappa shape index (κ1) is 16.6. The molecule has 0 bridgehead atoms. The molecule has 0 fully saturated rings. The number of ketones is 1. The molecule has 0 unspecified atom stereocenters. The van der Waals surface area contributed by atoms with Crippen molar-refractivity contribution in [1.82, 2.24) is 0 Å². The van der Waals surface area contributed by atoms with E-state index in [-0.39, 0.29) is 5.78 Å². The molecule has 0 aromatic heterocycles. The third-order valence-electron chi connectivity index (χ3n) is 2.20. The summed E-state index contributed by atoms with van der Waals surface area (Å²) in [6.07, 6.45) is 6.51. The molecule has 2 rings (SSSR count). The van der Waals surface area contributed by atoms with Crippen LogP contribution in [-0.2, 0) is 4.79 Å². The van der Waals surface area contributed by atoms with E-state index < -0.39 is 7.12 Å². The van der Waals surface area contributed by atoms with Crippen LogP contribution < -0.4 is 5.46 Å². The highest BCUT2D eigenvalue weighted by Crippen LogP contribution is 2.04. The van der Waals surface area contributed by atoms with E-state index in [2.05, 4.69) is 0 Å².